The Labute approximate surface area is 77.7 Å². The Bertz CT molecular complexity index is 276. The van der Waals surface area contributed by atoms with Crippen LogP contribution in [0.5, 0.6) is 0 Å². The molecule has 2 atom stereocenters. The van der Waals surface area contributed by atoms with Gasteiger partial charge in [-0.25, -0.2) is 0 Å². The summed E-state index contributed by atoms with van der Waals surface area (Å²) in [5, 5.41) is 4.28. The summed E-state index contributed by atoms with van der Waals surface area (Å²) in [5.41, 5.74) is 6.83. The number of rotatable bonds is 2. The lowest BCUT2D eigenvalue weighted by Crippen LogP contribution is -2.09. The average Bonchev–Trinajstić information content (AvgIpc) is 2.75. The normalized spacial score (nSPS) is 24.9. The van der Waals surface area contributed by atoms with Crippen molar-refractivity contribution >= 4 is 0 Å². The van der Waals surface area contributed by atoms with Crippen LogP contribution in [0.4, 0.5) is 0 Å². The van der Waals surface area contributed by atoms with Gasteiger partial charge in [-0.1, -0.05) is 0 Å². The molecule has 1 fully saturated rings. The van der Waals surface area contributed by atoms with Crippen LogP contribution in [0, 0.1) is 0 Å². The first-order valence-corrected chi connectivity index (χ1v) is 4.65. The van der Waals surface area contributed by atoms with Crippen molar-refractivity contribution in [2.45, 2.75) is 25.4 Å². The van der Waals surface area contributed by atoms with E-state index in [0.717, 1.165) is 25.2 Å². The number of ether oxygens (including phenoxy) is 1. The highest BCUT2D eigenvalue weighted by atomic mass is 16.5. The fourth-order valence-electron chi connectivity index (χ4n) is 1.52. The van der Waals surface area contributed by atoms with Crippen molar-refractivity contribution in [3.63, 3.8) is 0 Å². The maximum atomic E-state index is 5.74. The van der Waals surface area contributed by atoms with Crippen molar-refractivity contribution in [1.29, 1.82) is 0 Å². The lowest BCUT2D eigenvalue weighted by atomic mass is 10.2. The number of hydrogen-bond acceptors (Lipinski definition) is 3. The van der Waals surface area contributed by atoms with Crippen LogP contribution in [-0.4, -0.2) is 23.0 Å². The van der Waals surface area contributed by atoms with Crippen molar-refractivity contribution in [2.75, 3.05) is 13.2 Å². The molecule has 0 saturated carbocycles. The van der Waals surface area contributed by atoms with Gasteiger partial charge >= 0.3 is 0 Å². The van der Waals surface area contributed by atoms with E-state index in [1.807, 2.05) is 24.0 Å². The molecule has 1 aliphatic heterocycles. The molecule has 1 saturated heterocycles. The van der Waals surface area contributed by atoms with Crippen LogP contribution in [0.1, 0.15) is 31.0 Å². The molecule has 0 radical (unpaired) electrons. The van der Waals surface area contributed by atoms with Crippen LogP contribution in [-0.2, 0) is 4.74 Å². The number of aromatic nitrogens is 2. The Hall–Kier alpha value is -0.870. The largest absolute Gasteiger partial charge is 0.379 e. The Morgan fingerprint density at radius 1 is 1.77 bits per heavy atom. The van der Waals surface area contributed by atoms with E-state index in [9.17, 15) is 0 Å². The van der Waals surface area contributed by atoms with Gasteiger partial charge in [0.25, 0.3) is 0 Å². The SMILES string of the molecule is C[C@@H](N)c1cnn([C@@H]2CCOC2)c1. The van der Waals surface area contributed by atoms with E-state index in [0.29, 0.717) is 6.04 Å². The molecule has 2 heterocycles. The van der Waals surface area contributed by atoms with Crippen molar-refractivity contribution in [3.8, 4) is 0 Å². The summed E-state index contributed by atoms with van der Waals surface area (Å²) in [7, 11) is 0. The molecule has 0 bridgehead atoms. The first-order valence-electron chi connectivity index (χ1n) is 4.65. The highest BCUT2D eigenvalue weighted by Gasteiger charge is 2.18. The van der Waals surface area contributed by atoms with Gasteiger partial charge in [0.1, 0.15) is 0 Å². The van der Waals surface area contributed by atoms with Crippen molar-refractivity contribution < 1.29 is 4.74 Å². The first kappa shape index (κ1) is 8.72. The topological polar surface area (TPSA) is 53.1 Å². The Morgan fingerprint density at radius 3 is 3.15 bits per heavy atom. The molecule has 4 heteroatoms. The van der Waals surface area contributed by atoms with Crippen LogP contribution in [0.15, 0.2) is 12.4 Å². The van der Waals surface area contributed by atoms with Gasteiger partial charge in [0.15, 0.2) is 0 Å². The summed E-state index contributed by atoms with van der Waals surface area (Å²) in [6.45, 7) is 3.59. The third-order valence-corrected chi connectivity index (χ3v) is 2.43. The summed E-state index contributed by atoms with van der Waals surface area (Å²) in [4.78, 5) is 0. The van der Waals surface area contributed by atoms with Gasteiger partial charge in [0.2, 0.25) is 0 Å². The fourth-order valence-corrected chi connectivity index (χ4v) is 1.52. The van der Waals surface area contributed by atoms with Gasteiger partial charge in [-0.05, 0) is 13.3 Å². The van der Waals surface area contributed by atoms with E-state index < -0.39 is 0 Å². The predicted molar refractivity (Wildman–Crippen MR) is 49.3 cm³/mol. The van der Waals surface area contributed by atoms with Crippen molar-refractivity contribution in [1.82, 2.24) is 9.78 Å². The molecule has 72 valence electrons. The van der Waals surface area contributed by atoms with Crippen LogP contribution in [0.2, 0.25) is 0 Å². The van der Waals surface area contributed by atoms with E-state index in [2.05, 4.69) is 5.10 Å². The van der Waals surface area contributed by atoms with E-state index in [1.165, 1.54) is 0 Å². The third-order valence-electron chi connectivity index (χ3n) is 2.43. The molecule has 1 aliphatic rings. The summed E-state index contributed by atoms with van der Waals surface area (Å²) >= 11 is 0. The molecule has 13 heavy (non-hydrogen) atoms. The summed E-state index contributed by atoms with van der Waals surface area (Å²) < 4.78 is 7.25. The molecule has 0 amide bonds. The second kappa shape index (κ2) is 3.47. The van der Waals surface area contributed by atoms with Gasteiger partial charge in [0.05, 0.1) is 18.8 Å². The van der Waals surface area contributed by atoms with E-state index in [-0.39, 0.29) is 6.04 Å². The fraction of sp³-hybridized carbons (Fsp3) is 0.667. The van der Waals surface area contributed by atoms with Gasteiger partial charge < -0.3 is 10.5 Å². The maximum Gasteiger partial charge on any atom is 0.0774 e. The van der Waals surface area contributed by atoms with Crippen LogP contribution in [0.3, 0.4) is 0 Å². The minimum Gasteiger partial charge on any atom is -0.379 e. The molecule has 1 aromatic heterocycles. The number of hydrogen-bond donors (Lipinski definition) is 1. The molecule has 2 rings (SSSR count). The molecule has 2 N–H and O–H groups in total. The summed E-state index contributed by atoms with van der Waals surface area (Å²) in [6.07, 6.45) is 4.91. The van der Waals surface area contributed by atoms with E-state index in [4.69, 9.17) is 10.5 Å². The zero-order valence-corrected chi connectivity index (χ0v) is 7.81. The molecule has 0 unspecified atom stereocenters. The summed E-state index contributed by atoms with van der Waals surface area (Å²) in [6, 6.07) is 0.476. The molecular formula is C9H15N3O. The smallest absolute Gasteiger partial charge is 0.0774 e. The molecule has 0 aromatic carbocycles. The second-order valence-electron chi connectivity index (χ2n) is 3.56. The quantitative estimate of drug-likeness (QED) is 0.736. The molecule has 0 aliphatic carbocycles. The lowest BCUT2D eigenvalue weighted by Gasteiger charge is -2.07. The standard InChI is InChI=1S/C9H15N3O/c1-7(10)8-4-11-12(5-8)9-2-3-13-6-9/h4-5,7,9H,2-3,6,10H2,1H3/t7-,9-/m1/s1. The minimum atomic E-state index is 0.0658. The molecule has 1 aromatic rings. The molecule has 0 spiro atoms. The maximum absolute atomic E-state index is 5.74. The average molecular weight is 181 g/mol. The molecular weight excluding hydrogens is 166 g/mol. The van der Waals surface area contributed by atoms with E-state index >= 15 is 0 Å². The Balaban J connectivity index is 2.12. The van der Waals surface area contributed by atoms with Crippen LogP contribution in [0.25, 0.3) is 0 Å². The number of nitrogens with zero attached hydrogens (tertiary/aromatic N) is 2. The third kappa shape index (κ3) is 1.73. The van der Waals surface area contributed by atoms with Gasteiger partial charge in [0, 0.05) is 24.4 Å². The van der Waals surface area contributed by atoms with Gasteiger partial charge in [-0.3, -0.25) is 4.68 Å². The van der Waals surface area contributed by atoms with Gasteiger partial charge in [-0.15, -0.1) is 0 Å². The minimum absolute atomic E-state index is 0.0658. The zero-order valence-electron chi connectivity index (χ0n) is 7.81. The highest BCUT2D eigenvalue weighted by molar-refractivity contribution is 5.08. The Morgan fingerprint density at radius 2 is 2.62 bits per heavy atom. The highest BCUT2D eigenvalue weighted by Crippen LogP contribution is 2.19. The zero-order chi connectivity index (χ0) is 9.26. The van der Waals surface area contributed by atoms with E-state index in [1.54, 1.807) is 0 Å². The van der Waals surface area contributed by atoms with Crippen molar-refractivity contribution in [3.05, 3.63) is 18.0 Å². The van der Waals surface area contributed by atoms with Crippen LogP contribution >= 0.6 is 0 Å². The predicted octanol–water partition coefficient (Wildman–Crippen LogP) is 0.864. The van der Waals surface area contributed by atoms with Gasteiger partial charge in [-0.2, -0.15) is 5.10 Å². The van der Waals surface area contributed by atoms with Crippen molar-refractivity contribution in [2.24, 2.45) is 5.73 Å². The monoisotopic (exact) mass is 181 g/mol. The Kier molecular flexibility index (Phi) is 2.33. The summed E-state index contributed by atoms with van der Waals surface area (Å²) in [5.74, 6) is 0. The number of nitrogens with two attached hydrogens (primary N) is 1. The molecule has 4 nitrogen and oxygen atoms in total. The second-order valence-corrected chi connectivity index (χ2v) is 3.56. The van der Waals surface area contributed by atoms with Crippen LogP contribution < -0.4 is 5.73 Å². The lowest BCUT2D eigenvalue weighted by molar-refractivity contribution is 0.184. The first-order chi connectivity index (χ1) is 6.27.